The lowest BCUT2D eigenvalue weighted by atomic mass is 9.99. The first kappa shape index (κ1) is 46.3. The van der Waals surface area contributed by atoms with Crippen LogP contribution in [0.2, 0.25) is 0 Å². The van der Waals surface area contributed by atoms with Crippen LogP contribution >= 0.6 is 0 Å². The van der Waals surface area contributed by atoms with E-state index in [2.05, 4.69) is 21.3 Å². The second kappa shape index (κ2) is 22.5. The van der Waals surface area contributed by atoms with Crippen molar-refractivity contribution in [2.45, 2.75) is 110 Å². The van der Waals surface area contributed by atoms with E-state index in [0.29, 0.717) is 5.56 Å². The van der Waals surface area contributed by atoms with Crippen molar-refractivity contribution in [3.63, 3.8) is 0 Å². The summed E-state index contributed by atoms with van der Waals surface area (Å²) in [5.41, 5.74) is 5.38. The molecule has 20 nitrogen and oxygen atoms in total. The fourth-order valence-corrected chi connectivity index (χ4v) is 4.99. The Morgan fingerprint density at radius 2 is 1.58 bits per heavy atom. The molecule has 2 rings (SSSR count). The van der Waals surface area contributed by atoms with Gasteiger partial charge < -0.3 is 66.4 Å². The van der Waals surface area contributed by atoms with Gasteiger partial charge >= 0.3 is 18.0 Å². The molecule has 0 spiro atoms. The maximum atomic E-state index is 13.9. The molecule has 1 heterocycles. The van der Waals surface area contributed by atoms with Crippen LogP contribution in [0.15, 0.2) is 18.2 Å². The summed E-state index contributed by atoms with van der Waals surface area (Å²) in [5.74, 6) is -5.42. The zero-order valence-electron chi connectivity index (χ0n) is 31.4. The third-order valence-electron chi connectivity index (χ3n) is 8.15. The van der Waals surface area contributed by atoms with Crippen LogP contribution in [0.1, 0.15) is 65.9 Å². The van der Waals surface area contributed by atoms with Crippen LogP contribution < -0.4 is 31.7 Å². The van der Waals surface area contributed by atoms with E-state index in [9.17, 15) is 54.0 Å². The normalized spacial score (nSPS) is 20.5. The van der Waals surface area contributed by atoms with Crippen LogP contribution in [0.5, 0.6) is 5.75 Å². The average molecular weight is 784 g/mol. The Hall–Kier alpha value is -4.89. The van der Waals surface area contributed by atoms with Crippen molar-refractivity contribution in [3.8, 4) is 5.75 Å². The molecule has 1 saturated heterocycles. The van der Waals surface area contributed by atoms with Gasteiger partial charge in [-0.15, -0.1) is 0 Å². The smallest absolute Gasteiger partial charge is 0.335 e. The summed E-state index contributed by atoms with van der Waals surface area (Å²) in [6, 6.07) is 0.845. The van der Waals surface area contributed by atoms with Crippen molar-refractivity contribution in [1.82, 2.24) is 16.0 Å². The number of primary amides is 1. The van der Waals surface area contributed by atoms with E-state index in [-0.39, 0.29) is 69.3 Å². The molecule has 1 aliphatic heterocycles. The number of aliphatic hydroxyl groups excluding tert-OH is 3. The molecule has 1 aliphatic rings. The lowest BCUT2D eigenvalue weighted by molar-refractivity contribution is -0.271. The molecule has 20 heteroatoms. The van der Waals surface area contributed by atoms with Gasteiger partial charge in [0.05, 0.1) is 24.8 Å². The molecule has 308 valence electrons. The summed E-state index contributed by atoms with van der Waals surface area (Å²) < 4.78 is 21.5. The quantitative estimate of drug-likeness (QED) is 0.0506. The molecule has 1 aromatic rings. The Morgan fingerprint density at radius 1 is 0.909 bits per heavy atom. The highest BCUT2D eigenvalue weighted by Crippen LogP contribution is 2.31. The topological polar surface area (TPSA) is 311 Å². The second-order valence-corrected chi connectivity index (χ2v) is 13.5. The molecule has 7 atom stereocenters. The number of carboxylic acids is 1. The molecule has 0 aromatic heterocycles. The van der Waals surface area contributed by atoms with Crippen molar-refractivity contribution in [2.24, 2.45) is 17.6 Å². The average Bonchev–Trinajstić information content (AvgIpc) is 3.10. The number of carbonyl (C=O) groups excluding carboxylic acids is 6. The van der Waals surface area contributed by atoms with E-state index in [1.165, 1.54) is 25.1 Å². The van der Waals surface area contributed by atoms with E-state index in [1.807, 2.05) is 0 Å². The number of aliphatic carboxylic acids is 1. The Labute approximate surface area is 317 Å². The summed E-state index contributed by atoms with van der Waals surface area (Å²) >= 11 is 0. The van der Waals surface area contributed by atoms with Crippen LogP contribution in [0.25, 0.3) is 0 Å². The Balaban J connectivity index is 2.38. The number of esters is 1. The number of hydrogen-bond acceptors (Lipinski definition) is 14. The van der Waals surface area contributed by atoms with E-state index < -0.39 is 90.3 Å². The molecule has 0 bridgehead atoms. The molecule has 0 unspecified atom stereocenters. The number of amides is 5. The van der Waals surface area contributed by atoms with E-state index in [4.69, 9.17) is 24.7 Å². The summed E-state index contributed by atoms with van der Waals surface area (Å²) in [6.45, 7) is 7.95. The van der Waals surface area contributed by atoms with Gasteiger partial charge in [-0.05, 0) is 43.4 Å². The minimum absolute atomic E-state index is 0.00299. The number of aliphatic hydroxyl groups is 3. The molecular weight excluding hydrogens is 730 g/mol. The minimum Gasteiger partial charge on any atom is -0.479 e. The van der Waals surface area contributed by atoms with Gasteiger partial charge in [-0.1, -0.05) is 33.8 Å². The SMILES string of the molecule is CC(=O)CCOCCC(=O)N[C@H](C(=O)N[C@@H](CCCNC(N)=O)C(=O)Nc1cc(COC(=O)C(C)C)ccc1O[C@@H]1O[C@H](C(=O)O)[C@@H](O)[C@H](O)[C@H]1O)C(C)C. The molecule has 0 radical (unpaired) electrons. The van der Waals surface area contributed by atoms with Gasteiger partial charge in [0.1, 0.15) is 48.5 Å². The Kier molecular flexibility index (Phi) is 18.9. The second-order valence-electron chi connectivity index (χ2n) is 13.5. The maximum Gasteiger partial charge on any atom is 0.335 e. The summed E-state index contributed by atoms with van der Waals surface area (Å²) in [4.78, 5) is 86.3. The van der Waals surface area contributed by atoms with Crippen LogP contribution in [0.4, 0.5) is 10.5 Å². The highest BCUT2D eigenvalue weighted by atomic mass is 16.7. The number of carboxylic acid groups (broad SMARTS) is 1. The Morgan fingerprint density at radius 3 is 2.18 bits per heavy atom. The third-order valence-corrected chi connectivity index (χ3v) is 8.15. The molecule has 0 saturated carbocycles. The summed E-state index contributed by atoms with van der Waals surface area (Å²) in [7, 11) is 0. The first-order valence-electron chi connectivity index (χ1n) is 17.7. The standard InChI is InChI=1S/C35H53N5O15/c1-17(2)25(40-24(42)11-14-52-13-10-19(5)41)31(47)38-21(7-6-12-37-35(36)51)30(46)39-22-15-20(16-53-33(50)18(3)4)8-9-23(22)54-34-28(45)26(43)27(44)29(55-34)32(48)49/h8-9,15,17-18,21,25-29,34,43-45H,6-7,10-14,16H2,1-5H3,(H,38,47)(H,39,46)(H,40,42)(H,48,49)(H3,36,37,51)/t21-,25-,26-,27-,28+,29-,34+/m0/s1. The number of hydrogen-bond donors (Lipinski definition) is 9. The first-order valence-corrected chi connectivity index (χ1v) is 17.7. The first-order chi connectivity index (χ1) is 25.8. The number of nitrogens with one attached hydrogen (secondary N) is 4. The zero-order chi connectivity index (χ0) is 41.4. The van der Waals surface area contributed by atoms with Gasteiger partial charge in [-0.2, -0.15) is 0 Å². The van der Waals surface area contributed by atoms with Crippen molar-refractivity contribution in [1.29, 1.82) is 0 Å². The van der Waals surface area contributed by atoms with E-state index in [1.54, 1.807) is 27.7 Å². The van der Waals surface area contributed by atoms with Gasteiger partial charge in [0.25, 0.3) is 0 Å². The molecule has 10 N–H and O–H groups in total. The number of ether oxygens (including phenoxy) is 4. The number of benzene rings is 1. The lowest BCUT2D eigenvalue weighted by Crippen LogP contribution is -2.61. The molecule has 0 aliphatic carbocycles. The number of nitrogens with two attached hydrogens (primary N) is 1. The van der Waals surface area contributed by atoms with E-state index in [0.717, 1.165) is 0 Å². The van der Waals surface area contributed by atoms with Crippen molar-refractivity contribution in [2.75, 3.05) is 25.1 Å². The predicted molar refractivity (Wildman–Crippen MR) is 191 cm³/mol. The number of urea groups is 1. The van der Waals surface area contributed by atoms with Crippen LogP contribution in [-0.4, -0.2) is 124 Å². The maximum absolute atomic E-state index is 13.9. The molecule has 55 heavy (non-hydrogen) atoms. The molecular formula is C35H53N5O15. The molecule has 5 amide bonds. The fraction of sp³-hybridized carbons (Fsp3) is 0.629. The van der Waals surface area contributed by atoms with Crippen LogP contribution in [0.3, 0.4) is 0 Å². The summed E-state index contributed by atoms with van der Waals surface area (Å²) in [5, 5.41) is 50.6. The highest BCUT2D eigenvalue weighted by Gasteiger charge is 2.48. The zero-order valence-corrected chi connectivity index (χ0v) is 31.4. The van der Waals surface area contributed by atoms with Crippen molar-refractivity contribution >= 4 is 47.2 Å². The van der Waals surface area contributed by atoms with Crippen LogP contribution in [0, 0.1) is 11.8 Å². The highest BCUT2D eigenvalue weighted by molar-refractivity contribution is 5.99. The van der Waals surface area contributed by atoms with Gasteiger partial charge in [0.2, 0.25) is 24.0 Å². The third kappa shape index (κ3) is 15.4. The van der Waals surface area contributed by atoms with Crippen molar-refractivity contribution in [3.05, 3.63) is 23.8 Å². The van der Waals surface area contributed by atoms with Gasteiger partial charge in [-0.3, -0.25) is 24.0 Å². The molecule has 1 aromatic carbocycles. The Bertz CT molecular complexity index is 1510. The minimum atomic E-state index is -2.00. The van der Waals surface area contributed by atoms with Gasteiger partial charge in [-0.25, -0.2) is 9.59 Å². The molecule has 1 fully saturated rings. The van der Waals surface area contributed by atoms with Gasteiger partial charge in [0, 0.05) is 19.4 Å². The predicted octanol–water partition coefficient (Wildman–Crippen LogP) is -0.945. The van der Waals surface area contributed by atoms with Crippen molar-refractivity contribution < 1.29 is 72.9 Å². The number of rotatable bonds is 22. The number of Topliss-reactive ketones (excluding diaryl/α,β-unsaturated/α-hetero) is 1. The number of anilines is 1. The van der Waals surface area contributed by atoms with Gasteiger partial charge in [0.15, 0.2) is 6.10 Å². The largest absolute Gasteiger partial charge is 0.479 e. The fourth-order valence-electron chi connectivity index (χ4n) is 4.99. The summed E-state index contributed by atoms with van der Waals surface area (Å²) in [6.07, 6.45) is -9.61. The number of ketones is 1. The lowest BCUT2D eigenvalue weighted by Gasteiger charge is -2.38. The van der Waals surface area contributed by atoms with Crippen LogP contribution in [-0.2, 0) is 49.6 Å². The van der Waals surface area contributed by atoms with E-state index >= 15 is 0 Å². The number of carbonyl (C=O) groups is 7. The monoisotopic (exact) mass is 783 g/mol.